The fraction of sp³-hybridized carbons (Fsp3) is 0.389. The van der Waals surface area contributed by atoms with Gasteiger partial charge in [0, 0.05) is 17.9 Å². The molecular weight excluding hydrogens is 318 g/mol. The molecule has 0 spiro atoms. The van der Waals surface area contributed by atoms with E-state index in [4.69, 9.17) is 0 Å². The van der Waals surface area contributed by atoms with Gasteiger partial charge >= 0.3 is 6.03 Å². The predicted molar refractivity (Wildman–Crippen MR) is 93.9 cm³/mol. The van der Waals surface area contributed by atoms with Gasteiger partial charge in [-0.2, -0.15) is 5.10 Å². The first-order valence-electron chi connectivity index (χ1n) is 8.67. The van der Waals surface area contributed by atoms with Crippen LogP contribution in [-0.4, -0.2) is 45.7 Å². The van der Waals surface area contributed by atoms with Crippen molar-refractivity contribution in [1.82, 2.24) is 20.4 Å². The lowest BCUT2D eigenvalue weighted by Gasteiger charge is -2.43. The Morgan fingerprint density at radius 1 is 1.16 bits per heavy atom. The number of H-pyrrole nitrogens is 1. The number of hydrogen-bond acceptors (Lipinski definition) is 3. The molecule has 1 aromatic carbocycles. The van der Waals surface area contributed by atoms with Gasteiger partial charge in [-0.15, -0.1) is 0 Å². The number of nitrogens with zero attached hydrogens (tertiary/aromatic N) is 2. The molecule has 0 unspecified atom stereocenters. The highest BCUT2D eigenvalue weighted by Gasteiger charge is 2.38. The van der Waals surface area contributed by atoms with Crippen molar-refractivity contribution < 1.29 is 9.59 Å². The average Bonchev–Trinajstić information content (AvgIpc) is 3.16. The predicted octanol–water partition coefficient (Wildman–Crippen LogP) is 2.35. The lowest BCUT2D eigenvalue weighted by atomic mass is 9.87. The number of rotatable bonds is 2. The normalized spacial score (nSPS) is 22.9. The number of hydrogen-bond donors (Lipinski definition) is 3. The monoisotopic (exact) mass is 339 g/mol. The van der Waals surface area contributed by atoms with Crippen LogP contribution in [0.4, 0.5) is 10.5 Å². The third kappa shape index (κ3) is 3.22. The molecule has 130 valence electrons. The van der Waals surface area contributed by atoms with Crippen molar-refractivity contribution in [3.8, 4) is 11.3 Å². The van der Waals surface area contributed by atoms with Crippen LogP contribution in [0.1, 0.15) is 25.7 Å². The summed E-state index contributed by atoms with van der Waals surface area (Å²) in [5, 5.41) is 12.8. The molecule has 2 fully saturated rings. The topological polar surface area (TPSA) is 90.1 Å². The molecule has 0 bridgehead atoms. The SMILES string of the molecule is O=C1CN(C(=O)Nc2ccc(-c3ccn[nH]3)cc2)[C@@H]2CCCC[C@@H]2N1. The second-order valence-electron chi connectivity index (χ2n) is 6.63. The maximum atomic E-state index is 12.7. The highest BCUT2D eigenvalue weighted by atomic mass is 16.2. The van der Waals surface area contributed by atoms with E-state index in [1.807, 2.05) is 30.3 Å². The van der Waals surface area contributed by atoms with Crippen LogP contribution in [-0.2, 0) is 4.79 Å². The van der Waals surface area contributed by atoms with Gasteiger partial charge in [0.05, 0.1) is 11.7 Å². The Morgan fingerprint density at radius 3 is 2.72 bits per heavy atom. The van der Waals surface area contributed by atoms with Crippen LogP contribution < -0.4 is 10.6 Å². The quantitative estimate of drug-likeness (QED) is 0.784. The Balaban J connectivity index is 1.46. The van der Waals surface area contributed by atoms with Crippen LogP contribution in [0.2, 0.25) is 0 Å². The third-order valence-electron chi connectivity index (χ3n) is 5.00. The number of aromatic nitrogens is 2. The van der Waals surface area contributed by atoms with Gasteiger partial charge in [-0.25, -0.2) is 4.79 Å². The van der Waals surface area contributed by atoms with Crippen molar-refractivity contribution in [3.05, 3.63) is 36.5 Å². The summed E-state index contributed by atoms with van der Waals surface area (Å²) in [6.07, 6.45) is 5.79. The van der Waals surface area contributed by atoms with E-state index in [9.17, 15) is 9.59 Å². The number of urea groups is 1. The summed E-state index contributed by atoms with van der Waals surface area (Å²) in [5.41, 5.74) is 2.64. The van der Waals surface area contributed by atoms with Gasteiger partial charge in [0.25, 0.3) is 0 Å². The van der Waals surface area contributed by atoms with Crippen LogP contribution in [0, 0.1) is 0 Å². The number of anilines is 1. The molecule has 2 heterocycles. The van der Waals surface area contributed by atoms with Crippen LogP contribution in [0.5, 0.6) is 0 Å². The molecule has 7 heteroatoms. The molecule has 7 nitrogen and oxygen atoms in total. The van der Waals surface area contributed by atoms with Gasteiger partial charge < -0.3 is 15.5 Å². The number of aromatic amines is 1. The molecule has 2 atom stereocenters. The Labute approximate surface area is 145 Å². The summed E-state index contributed by atoms with van der Waals surface area (Å²) in [6, 6.07) is 9.43. The van der Waals surface area contributed by atoms with Gasteiger partial charge in [-0.1, -0.05) is 25.0 Å². The van der Waals surface area contributed by atoms with E-state index in [0.29, 0.717) is 5.69 Å². The molecule has 3 amide bonds. The van der Waals surface area contributed by atoms with Crippen molar-refractivity contribution in [3.63, 3.8) is 0 Å². The minimum atomic E-state index is -0.207. The molecule has 3 N–H and O–H groups in total. The lowest BCUT2D eigenvalue weighted by Crippen LogP contribution is -2.63. The summed E-state index contributed by atoms with van der Waals surface area (Å²) < 4.78 is 0. The molecule has 4 rings (SSSR count). The van der Waals surface area contributed by atoms with Crippen LogP contribution >= 0.6 is 0 Å². The summed E-state index contributed by atoms with van der Waals surface area (Å²) in [5.74, 6) is -0.0760. The zero-order valence-corrected chi connectivity index (χ0v) is 13.9. The molecule has 2 aliphatic rings. The number of amides is 3. The Morgan fingerprint density at radius 2 is 1.96 bits per heavy atom. The van der Waals surface area contributed by atoms with Gasteiger partial charge in [-0.05, 0) is 36.6 Å². The molecule has 1 saturated heterocycles. The summed E-state index contributed by atoms with van der Waals surface area (Å²) in [4.78, 5) is 26.3. The molecule has 0 radical (unpaired) electrons. The third-order valence-corrected chi connectivity index (χ3v) is 5.00. The largest absolute Gasteiger partial charge is 0.350 e. The maximum Gasteiger partial charge on any atom is 0.322 e. The first kappa shape index (κ1) is 15.7. The van der Waals surface area contributed by atoms with E-state index in [0.717, 1.165) is 36.9 Å². The first-order chi connectivity index (χ1) is 12.2. The first-order valence-corrected chi connectivity index (χ1v) is 8.67. The van der Waals surface area contributed by atoms with Gasteiger partial charge in [0.2, 0.25) is 5.91 Å². The van der Waals surface area contributed by atoms with E-state index in [-0.39, 0.29) is 30.6 Å². The minimum absolute atomic E-state index is 0.0760. The fourth-order valence-electron chi connectivity index (χ4n) is 3.74. The van der Waals surface area contributed by atoms with E-state index in [2.05, 4.69) is 20.8 Å². The summed E-state index contributed by atoms with van der Waals surface area (Å²) in [6.45, 7) is 0.124. The van der Waals surface area contributed by atoms with E-state index < -0.39 is 0 Å². The van der Waals surface area contributed by atoms with Crippen LogP contribution in [0.3, 0.4) is 0 Å². The van der Waals surface area contributed by atoms with Gasteiger partial charge in [0.1, 0.15) is 6.54 Å². The highest BCUT2D eigenvalue weighted by Crippen LogP contribution is 2.26. The zero-order chi connectivity index (χ0) is 17.2. The number of fused-ring (bicyclic) bond motifs is 1. The molecule has 1 aliphatic heterocycles. The minimum Gasteiger partial charge on any atom is -0.350 e. The zero-order valence-electron chi connectivity index (χ0n) is 13.9. The number of piperazine rings is 1. The second-order valence-corrected chi connectivity index (χ2v) is 6.63. The smallest absolute Gasteiger partial charge is 0.322 e. The van der Waals surface area contributed by atoms with Crippen LogP contribution in [0.15, 0.2) is 36.5 Å². The van der Waals surface area contributed by atoms with Crippen molar-refractivity contribution >= 4 is 17.6 Å². The van der Waals surface area contributed by atoms with E-state index in [1.54, 1.807) is 11.1 Å². The van der Waals surface area contributed by atoms with E-state index in [1.165, 1.54) is 0 Å². The summed E-state index contributed by atoms with van der Waals surface area (Å²) in [7, 11) is 0. The van der Waals surface area contributed by atoms with Crippen molar-refractivity contribution in [1.29, 1.82) is 0 Å². The second kappa shape index (κ2) is 6.58. The number of carbonyl (C=O) groups excluding carboxylic acids is 2. The van der Waals surface area contributed by atoms with E-state index >= 15 is 0 Å². The molecular formula is C18H21N5O2. The molecule has 1 aromatic heterocycles. The van der Waals surface area contributed by atoms with Crippen LogP contribution in [0.25, 0.3) is 11.3 Å². The van der Waals surface area contributed by atoms with Gasteiger partial charge in [0.15, 0.2) is 0 Å². The standard InChI is InChI=1S/C18H21N5O2/c24-17-11-23(16-4-2-1-3-15(16)21-17)18(25)20-13-7-5-12(6-8-13)14-9-10-19-22-14/h5-10,15-16H,1-4,11H2,(H,19,22)(H,20,25)(H,21,24)/t15-,16+/m0/s1. The van der Waals surface area contributed by atoms with Gasteiger partial charge in [-0.3, -0.25) is 9.89 Å². The number of carbonyl (C=O) groups is 2. The average molecular weight is 339 g/mol. The lowest BCUT2D eigenvalue weighted by molar-refractivity contribution is -0.126. The molecule has 1 aliphatic carbocycles. The summed E-state index contributed by atoms with van der Waals surface area (Å²) >= 11 is 0. The Bertz CT molecular complexity index is 756. The van der Waals surface area contributed by atoms with Crippen molar-refractivity contribution in [2.75, 3.05) is 11.9 Å². The number of benzene rings is 1. The highest BCUT2D eigenvalue weighted by molar-refractivity contribution is 5.93. The number of nitrogens with one attached hydrogen (secondary N) is 3. The maximum absolute atomic E-state index is 12.7. The molecule has 1 saturated carbocycles. The molecule has 2 aromatic rings. The Kier molecular flexibility index (Phi) is 4.13. The van der Waals surface area contributed by atoms with Crippen molar-refractivity contribution in [2.24, 2.45) is 0 Å². The molecule has 25 heavy (non-hydrogen) atoms. The Hall–Kier alpha value is -2.83. The fourth-order valence-corrected chi connectivity index (χ4v) is 3.74. The van der Waals surface area contributed by atoms with Crippen molar-refractivity contribution in [2.45, 2.75) is 37.8 Å².